The molecule has 1 aliphatic carbocycles. The van der Waals surface area contributed by atoms with Gasteiger partial charge in [-0.2, -0.15) is 4.98 Å². The molecule has 1 aliphatic heterocycles. The average Bonchev–Trinajstić information content (AvgIpc) is 2.97. The van der Waals surface area contributed by atoms with E-state index in [1.807, 2.05) is 6.92 Å². The van der Waals surface area contributed by atoms with E-state index in [4.69, 9.17) is 9.26 Å². The second-order valence-electron chi connectivity index (χ2n) is 4.36. The van der Waals surface area contributed by atoms with Gasteiger partial charge in [-0.3, -0.25) is 0 Å². The molecule has 0 aromatic carbocycles. The molecule has 1 aromatic rings. The highest BCUT2D eigenvalue weighted by molar-refractivity contribution is 5.04. The number of hydrogen-bond donors (Lipinski definition) is 1. The van der Waals surface area contributed by atoms with Gasteiger partial charge in [-0.05, 0) is 19.8 Å². The first kappa shape index (κ1) is 9.30. The summed E-state index contributed by atoms with van der Waals surface area (Å²) >= 11 is 0. The zero-order valence-corrected chi connectivity index (χ0v) is 8.77. The molecule has 0 radical (unpaired) electrons. The fourth-order valence-corrected chi connectivity index (χ4v) is 1.83. The maximum atomic E-state index is 5.73. The summed E-state index contributed by atoms with van der Waals surface area (Å²) in [5.74, 6) is 2.01. The van der Waals surface area contributed by atoms with Gasteiger partial charge in [0.2, 0.25) is 0 Å². The van der Waals surface area contributed by atoms with Crippen LogP contribution in [0, 0.1) is 0 Å². The van der Waals surface area contributed by atoms with E-state index >= 15 is 0 Å². The molecule has 0 spiro atoms. The molecule has 2 atom stereocenters. The normalized spacial score (nSPS) is 31.8. The first-order chi connectivity index (χ1) is 7.33. The Hall–Kier alpha value is -0.940. The molecule has 1 saturated heterocycles. The highest BCUT2D eigenvalue weighted by atomic mass is 16.5. The topological polar surface area (TPSA) is 60.2 Å². The fourth-order valence-electron chi connectivity index (χ4n) is 1.83. The Bertz CT molecular complexity index is 348. The van der Waals surface area contributed by atoms with Crippen LogP contribution >= 0.6 is 0 Å². The van der Waals surface area contributed by atoms with Gasteiger partial charge in [-0.25, -0.2) is 0 Å². The third-order valence-corrected chi connectivity index (χ3v) is 2.83. The second-order valence-corrected chi connectivity index (χ2v) is 4.36. The fraction of sp³-hybridized carbons (Fsp3) is 0.800. The molecule has 3 rings (SSSR count). The third-order valence-electron chi connectivity index (χ3n) is 2.83. The van der Waals surface area contributed by atoms with Crippen LogP contribution < -0.4 is 5.32 Å². The maximum Gasteiger partial charge on any atom is 0.257 e. The van der Waals surface area contributed by atoms with Gasteiger partial charge in [0.05, 0.1) is 6.10 Å². The molecule has 0 unspecified atom stereocenters. The maximum absolute atomic E-state index is 5.73. The van der Waals surface area contributed by atoms with Crippen molar-refractivity contribution in [2.75, 3.05) is 13.1 Å². The summed E-state index contributed by atoms with van der Waals surface area (Å²) in [7, 11) is 0. The standard InChI is InChI=1S/C10H15N3O2/c1-6-4-11-5-8(14-6)10-12-9(13-15-10)7-2-3-7/h6-8,11H,2-5H2,1H3/t6-,8-/m1/s1. The minimum Gasteiger partial charge on any atom is -0.363 e. The lowest BCUT2D eigenvalue weighted by Gasteiger charge is -2.25. The summed E-state index contributed by atoms with van der Waals surface area (Å²) in [6.45, 7) is 3.69. The van der Waals surface area contributed by atoms with Crippen molar-refractivity contribution in [2.45, 2.75) is 37.9 Å². The van der Waals surface area contributed by atoms with Crippen LogP contribution in [0.25, 0.3) is 0 Å². The van der Waals surface area contributed by atoms with E-state index in [9.17, 15) is 0 Å². The van der Waals surface area contributed by atoms with Crippen molar-refractivity contribution in [1.82, 2.24) is 15.5 Å². The van der Waals surface area contributed by atoms with E-state index in [1.165, 1.54) is 12.8 Å². The van der Waals surface area contributed by atoms with Gasteiger partial charge < -0.3 is 14.6 Å². The summed E-state index contributed by atoms with van der Waals surface area (Å²) < 4.78 is 11.0. The van der Waals surface area contributed by atoms with Crippen molar-refractivity contribution in [1.29, 1.82) is 0 Å². The lowest BCUT2D eigenvalue weighted by Crippen LogP contribution is -2.39. The van der Waals surface area contributed by atoms with E-state index in [2.05, 4.69) is 15.5 Å². The Morgan fingerprint density at radius 2 is 2.20 bits per heavy atom. The zero-order valence-electron chi connectivity index (χ0n) is 8.77. The molecule has 5 heteroatoms. The summed E-state index contributed by atoms with van der Waals surface area (Å²) in [6.07, 6.45) is 2.52. The number of hydrogen-bond acceptors (Lipinski definition) is 5. The summed E-state index contributed by atoms with van der Waals surface area (Å²) in [6, 6.07) is 0. The van der Waals surface area contributed by atoms with Crippen LogP contribution in [0.4, 0.5) is 0 Å². The molecule has 1 aromatic heterocycles. The molecule has 5 nitrogen and oxygen atoms in total. The molecule has 15 heavy (non-hydrogen) atoms. The van der Waals surface area contributed by atoms with Gasteiger partial charge in [-0.1, -0.05) is 5.16 Å². The minimum absolute atomic E-state index is 0.0752. The van der Waals surface area contributed by atoms with Crippen molar-refractivity contribution >= 4 is 0 Å². The van der Waals surface area contributed by atoms with Crippen molar-refractivity contribution < 1.29 is 9.26 Å². The van der Waals surface area contributed by atoms with E-state index < -0.39 is 0 Å². The summed E-state index contributed by atoms with van der Waals surface area (Å²) in [5.41, 5.74) is 0. The highest BCUT2D eigenvalue weighted by Crippen LogP contribution is 2.38. The predicted octanol–water partition coefficient (Wildman–Crippen LogP) is 0.996. The molecule has 1 saturated carbocycles. The Morgan fingerprint density at radius 3 is 2.93 bits per heavy atom. The first-order valence-corrected chi connectivity index (χ1v) is 5.52. The van der Waals surface area contributed by atoms with Gasteiger partial charge in [-0.15, -0.1) is 0 Å². The van der Waals surface area contributed by atoms with Gasteiger partial charge >= 0.3 is 0 Å². The van der Waals surface area contributed by atoms with Crippen LogP contribution in [-0.2, 0) is 4.74 Å². The third kappa shape index (κ3) is 1.89. The van der Waals surface area contributed by atoms with Gasteiger partial charge in [0.1, 0.15) is 6.10 Å². The molecule has 82 valence electrons. The molecular weight excluding hydrogens is 194 g/mol. The number of morpholine rings is 1. The number of nitrogens with zero attached hydrogens (tertiary/aromatic N) is 2. The Morgan fingerprint density at radius 1 is 1.33 bits per heavy atom. The van der Waals surface area contributed by atoms with Crippen LogP contribution in [0.15, 0.2) is 4.52 Å². The molecule has 2 heterocycles. The smallest absolute Gasteiger partial charge is 0.257 e. The van der Waals surface area contributed by atoms with Gasteiger partial charge in [0.25, 0.3) is 5.89 Å². The summed E-state index contributed by atoms with van der Waals surface area (Å²) in [5, 5.41) is 7.27. The van der Waals surface area contributed by atoms with Crippen LogP contribution in [-0.4, -0.2) is 29.3 Å². The molecule has 1 N–H and O–H groups in total. The number of rotatable bonds is 2. The zero-order chi connectivity index (χ0) is 10.3. The predicted molar refractivity (Wildman–Crippen MR) is 52.4 cm³/mol. The lowest BCUT2D eigenvalue weighted by atomic mass is 10.2. The first-order valence-electron chi connectivity index (χ1n) is 5.52. The second kappa shape index (κ2) is 3.57. The van der Waals surface area contributed by atoms with E-state index in [1.54, 1.807) is 0 Å². The van der Waals surface area contributed by atoms with E-state index in [-0.39, 0.29) is 12.2 Å². The number of ether oxygens (including phenoxy) is 1. The number of nitrogens with one attached hydrogen (secondary N) is 1. The Labute approximate surface area is 88.2 Å². The Balaban J connectivity index is 1.73. The highest BCUT2D eigenvalue weighted by Gasteiger charge is 2.31. The lowest BCUT2D eigenvalue weighted by molar-refractivity contribution is -0.0438. The molecule has 2 aliphatic rings. The van der Waals surface area contributed by atoms with E-state index in [0.29, 0.717) is 11.8 Å². The minimum atomic E-state index is -0.0752. The molecule has 0 bridgehead atoms. The quantitative estimate of drug-likeness (QED) is 0.787. The van der Waals surface area contributed by atoms with Gasteiger partial charge in [0.15, 0.2) is 5.82 Å². The molecular formula is C10H15N3O2. The average molecular weight is 209 g/mol. The van der Waals surface area contributed by atoms with Gasteiger partial charge in [0, 0.05) is 19.0 Å². The van der Waals surface area contributed by atoms with Crippen molar-refractivity contribution in [2.24, 2.45) is 0 Å². The monoisotopic (exact) mass is 209 g/mol. The SMILES string of the molecule is C[C@@H]1CNC[C@H](c2nc(C3CC3)no2)O1. The van der Waals surface area contributed by atoms with Crippen LogP contribution in [0.3, 0.4) is 0 Å². The van der Waals surface area contributed by atoms with Crippen LogP contribution in [0.2, 0.25) is 0 Å². The van der Waals surface area contributed by atoms with Crippen LogP contribution in [0.5, 0.6) is 0 Å². The molecule has 2 fully saturated rings. The summed E-state index contributed by atoms with van der Waals surface area (Å²) in [4.78, 5) is 4.39. The van der Waals surface area contributed by atoms with Crippen molar-refractivity contribution in [3.8, 4) is 0 Å². The van der Waals surface area contributed by atoms with E-state index in [0.717, 1.165) is 18.9 Å². The Kier molecular flexibility index (Phi) is 2.21. The van der Waals surface area contributed by atoms with Crippen molar-refractivity contribution in [3.63, 3.8) is 0 Å². The largest absolute Gasteiger partial charge is 0.363 e. The molecule has 0 amide bonds. The van der Waals surface area contributed by atoms with Crippen LogP contribution in [0.1, 0.15) is 43.5 Å². The van der Waals surface area contributed by atoms with Crippen molar-refractivity contribution in [3.05, 3.63) is 11.7 Å². The number of aromatic nitrogens is 2.